The Kier molecular flexibility index (Phi) is 1.94. The van der Waals surface area contributed by atoms with Gasteiger partial charge >= 0.3 is 15.1 Å². The summed E-state index contributed by atoms with van der Waals surface area (Å²) in [5.74, 6) is 0. The van der Waals surface area contributed by atoms with Crippen LogP contribution in [0.4, 0.5) is 0 Å². The standard InChI is InChI=1S/C9H5N7O3S/c17-20(18,19)9-5-7(12-3-1-10-5)15-8-6(14-16(9)15)11-2-4-13-8/h1-4H,(H,17,18,19). The quantitative estimate of drug-likeness (QED) is 0.335. The van der Waals surface area contributed by atoms with Crippen molar-refractivity contribution in [2.24, 2.45) is 0 Å². The van der Waals surface area contributed by atoms with Gasteiger partial charge in [-0.2, -0.15) is 8.42 Å². The molecule has 10 nitrogen and oxygen atoms in total. The molecule has 0 atom stereocenters. The van der Waals surface area contributed by atoms with Crippen LogP contribution in [0, 0.1) is 0 Å². The van der Waals surface area contributed by atoms with Gasteiger partial charge in [-0.05, 0) is 10.8 Å². The van der Waals surface area contributed by atoms with E-state index in [2.05, 4.69) is 25.0 Å². The van der Waals surface area contributed by atoms with Crippen molar-refractivity contribution >= 4 is 32.6 Å². The first-order valence-corrected chi connectivity index (χ1v) is 6.80. The van der Waals surface area contributed by atoms with Crippen molar-refractivity contribution in [3.8, 4) is 0 Å². The molecule has 0 amide bonds. The van der Waals surface area contributed by atoms with E-state index in [1.807, 2.05) is 0 Å². The van der Waals surface area contributed by atoms with Crippen molar-refractivity contribution in [1.82, 2.24) is 29.5 Å². The first-order valence-electron chi connectivity index (χ1n) is 5.36. The summed E-state index contributed by atoms with van der Waals surface area (Å²) in [6, 6.07) is 0. The number of aromatic nitrogens is 7. The van der Waals surface area contributed by atoms with Crippen LogP contribution in [0.2, 0.25) is 0 Å². The van der Waals surface area contributed by atoms with Crippen LogP contribution >= 0.6 is 0 Å². The minimum Gasteiger partial charge on any atom is -0.361 e. The van der Waals surface area contributed by atoms with Gasteiger partial charge in [-0.3, -0.25) is 4.55 Å². The van der Waals surface area contributed by atoms with E-state index in [-0.39, 0.29) is 16.8 Å². The monoisotopic (exact) mass is 291 g/mol. The number of hydrogen-bond donors (Lipinski definition) is 1. The van der Waals surface area contributed by atoms with Crippen LogP contribution in [0.3, 0.4) is 0 Å². The van der Waals surface area contributed by atoms with Crippen LogP contribution in [-0.2, 0) is 10.1 Å². The van der Waals surface area contributed by atoms with E-state index < -0.39 is 15.1 Å². The molecule has 0 radical (unpaired) electrons. The number of nitrogens with zero attached hydrogens (tertiary/aromatic N) is 7. The molecule has 4 aromatic rings. The van der Waals surface area contributed by atoms with Crippen molar-refractivity contribution in [3.05, 3.63) is 24.8 Å². The van der Waals surface area contributed by atoms with E-state index in [1.165, 1.54) is 29.3 Å². The molecule has 0 saturated heterocycles. The minimum atomic E-state index is -4.54. The van der Waals surface area contributed by atoms with Crippen LogP contribution < -0.4 is 9.73 Å². The van der Waals surface area contributed by atoms with Gasteiger partial charge in [0.05, 0.1) is 0 Å². The van der Waals surface area contributed by atoms with Crippen LogP contribution in [0.15, 0.2) is 29.8 Å². The second-order valence-corrected chi connectivity index (χ2v) is 5.25. The molecule has 11 heteroatoms. The number of fused-ring (bicyclic) bond motifs is 5. The molecule has 0 bridgehead atoms. The van der Waals surface area contributed by atoms with E-state index in [9.17, 15) is 13.0 Å². The molecule has 4 heterocycles. The zero-order chi connectivity index (χ0) is 13.9. The highest BCUT2D eigenvalue weighted by molar-refractivity contribution is 7.85. The van der Waals surface area contributed by atoms with E-state index in [4.69, 9.17) is 0 Å². The maximum Gasteiger partial charge on any atom is 0.384 e. The lowest BCUT2D eigenvalue weighted by Gasteiger charge is -1.91. The summed E-state index contributed by atoms with van der Waals surface area (Å²) in [6.45, 7) is 0. The molecule has 0 saturated carbocycles. The van der Waals surface area contributed by atoms with Gasteiger partial charge in [0.25, 0.3) is 0 Å². The Labute approximate surface area is 110 Å². The highest BCUT2D eigenvalue weighted by Crippen LogP contribution is 2.17. The van der Waals surface area contributed by atoms with Gasteiger partial charge < -0.3 is 4.98 Å². The average Bonchev–Trinajstić information content (AvgIpc) is 2.90. The summed E-state index contributed by atoms with van der Waals surface area (Å²) >= 11 is 0. The Hall–Kier alpha value is -2.66. The maximum absolute atomic E-state index is 11.6. The first-order chi connectivity index (χ1) is 9.57. The predicted molar refractivity (Wildman–Crippen MR) is 62.4 cm³/mol. The molecule has 4 aromatic heterocycles. The molecule has 0 fully saturated rings. The summed E-state index contributed by atoms with van der Waals surface area (Å²) < 4.78 is 34.8. The molecular formula is C9H5N7O3S. The maximum atomic E-state index is 11.6. The van der Waals surface area contributed by atoms with Crippen LogP contribution in [0.25, 0.3) is 22.5 Å². The van der Waals surface area contributed by atoms with Gasteiger partial charge in [0.1, 0.15) is 5.65 Å². The molecule has 100 valence electrons. The van der Waals surface area contributed by atoms with E-state index >= 15 is 0 Å². The summed E-state index contributed by atoms with van der Waals surface area (Å²) in [5, 5.41) is 3.53. The van der Waals surface area contributed by atoms with Crippen molar-refractivity contribution in [2.45, 2.75) is 5.03 Å². The second-order valence-electron chi connectivity index (χ2n) is 3.91. The molecule has 0 aliphatic carbocycles. The highest BCUT2D eigenvalue weighted by atomic mass is 32.2. The number of hydrogen-bond acceptors (Lipinski definition) is 6. The zero-order valence-corrected chi connectivity index (χ0v) is 10.4. The Balaban J connectivity index is 2.41. The van der Waals surface area contributed by atoms with Gasteiger partial charge in [0.2, 0.25) is 0 Å². The Morgan fingerprint density at radius 2 is 1.70 bits per heavy atom. The number of rotatable bonds is 1. The summed E-state index contributed by atoms with van der Waals surface area (Å²) in [4.78, 5) is 16.1. The van der Waals surface area contributed by atoms with Gasteiger partial charge in [0.15, 0.2) is 16.8 Å². The van der Waals surface area contributed by atoms with E-state index in [1.54, 1.807) is 0 Å². The van der Waals surface area contributed by atoms with Crippen molar-refractivity contribution in [2.75, 3.05) is 0 Å². The molecule has 1 N–H and O–H groups in total. The smallest absolute Gasteiger partial charge is 0.361 e. The topological polar surface area (TPSA) is 129 Å². The first kappa shape index (κ1) is 11.2. The predicted octanol–water partition coefficient (Wildman–Crippen LogP) is -1.38. The molecule has 20 heavy (non-hydrogen) atoms. The van der Waals surface area contributed by atoms with Crippen molar-refractivity contribution in [3.63, 3.8) is 0 Å². The molecule has 0 spiro atoms. The third-order valence-electron chi connectivity index (χ3n) is 2.75. The van der Waals surface area contributed by atoms with Crippen molar-refractivity contribution < 1.29 is 17.6 Å². The fourth-order valence-corrected chi connectivity index (χ4v) is 2.77. The summed E-state index contributed by atoms with van der Waals surface area (Å²) in [7, 11) is -4.54. The van der Waals surface area contributed by atoms with Gasteiger partial charge in [-0.1, -0.05) is 5.10 Å². The fourth-order valence-electron chi connectivity index (χ4n) is 2.05. The van der Waals surface area contributed by atoms with Crippen molar-refractivity contribution in [1.29, 1.82) is 0 Å². The van der Waals surface area contributed by atoms with E-state index in [0.29, 0.717) is 5.65 Å². The summed E-state index contributed by atoms with van der Waals surface area (Å²) in [5.41, 5.74) is 0.760. The van der Waals surface area contributed by atoms with Gasteiger partial charge in [-0.25, -0.2) is 15.0 Å². The lowest BCUT2D eigenvalue weighted by atomic mass is 10.5. The molecule has 0 unspecified atom stereocenters. The molecule has 0 aliphatic rings. The zero-order valence-electron chi connectivity index (χ0n) is 9.61. The Morgan fingerprint density at radius 3 is 2.45 bits per heavy atom. The van der Waals surface area contributed by atoms with E-state index in [0.717, 1.165) is 4.63 Å². The lowest BCUT2D eigenvalue weighted by molar-refractivity contribution is -0.708. The molecular weight excluding hydrogens is 286 g/mol. The normalized spacial score (nSPS) is 12.7. The Bertz CT molecular complexity index is 1080. The second kappa shape index (κ2) is 3.46. The van der Waals surface area contributed by atoms with Crippen LogP contribution in [0.5, 0.6) is 0 Å². The fraction of sp³-hybridized carbons (Fsp3) is 0. The third kappa shape index (κ3) is 1.30. The highest BCUT2D eigenvalue weighted by Gasteiger charge is 2.32. The SMILES string of the molecule is O=S(=O)(O)c1c2nccnc2n2c3nccnc3[n-][n+]12. The molecule has 0 aromatic carbocycles. The Morgan fingerprint density at radius 1 is 1.05 bits per heavy atom. The van der Waals surface area contributed by atoms with Gasteiger partial charge in [0, 0.05) is 18.6 Å². The lowest BCUT2D eigenvalue weighted by Crippen LogP contribution is -2.35. The minimum absolute atomic E-state index is 0.00931. The average molecular weight is 291 g/mol. The largest absolute Gasteiger partial charge is 0.384 e. The third-order valence-corrected chi connectivity index (χ3v) is 3.59. The van der Waals surface area contributed by atoms with Gasteiger partial charge in [-0.15, -0.1) is 4.52 Å². The molecule has 0 aliphatic heterocycles. The summed E-state index contributed by atoms with van der Waals surface area (Å²) in [6.07, 6.45) is 5.60. The van der Waals surface area contributed by atoms with Crippen LogP contribution in [-0.4, -0.2) is 37.4 Å². The van der Waals surface area contributed by atoms with Crippen LogP contribution in [0.1, 0.15) is 0 Å². The molecule has 4 rings (SSSR count).